The Labute approximate surface area is 99.6 Å². The smallest absolute Gasteiger partial charge is 0.292 e. The molecular weight excluding hydrogens is 222 g/mol. The van der Waals surface area contributed by atoms with Gasteiger partial charge in [0.2, 0.25) is 0 Å². The first kappa shape index (κ1) is 13.2. The van der Waals surface area contributed by atoms with E-state index in [2.05, 4.69) is 5.32 Å². The highest BCUT2D eigenvalue weighted by molar-refractivity contribution is 5.65. The molecule has 0 fully saturated rings. The Hall–Kier alpha value is -1.82. The molecule has 0 aliphatic rings. The van der Waals surface area contributed by atoms with Gasteiger partial charge in [0.05, 0.1) is 4.92 Å². The molecule has 0 aliphatic carbocycles. The van der Waals surface area contributed by atoms with Gasteiger partial charge in [0.15, 0.2) is 0 Å². The van der Waals surface area contributed by atoms with Crippen molar-refractivity contribution in [2.75, 3.05) is 17.7 Å². The van der Waals surface area contributed by atoms with Crippen molar-refractivity contribution in [2.45, 2.75) is 25.8 Å². The van der Waals surface area contributed by atoms with Gasteiger partial charge in [0, 0.05) is 24.4 Å². The maximum atomic E-state index is 10.6. The van der Waals surface area contributed by atoms with Crippen molar-refractivity contribution in [3.63, 3.8) is 0 Å². The molecule has 17 heavy (non-hydrogen) atoms. The second-order valence-corrected chi connectivity index (χ2v) is 3.94. The van der Waals surface area contributed by atoms with E-state index < -0.39 is 4.92 Å². The lowest BCUT2D eigenvalue weighted by Crippen LogP contribution is -2.15. The predicted octanol–water partition coefficient (Wildman–Crippen LogP) is 1.75. The summed E-state index contributed by atoms with van der Waals surface area (Å²) >= 11 is 0. The summed E-state index contributed by atoms with van der Waals surface area (Å²) in [7, 11) is 0. The number of aliphatic hydroxyl groups excluding tert-OH is 1. The van der Waals surface area contributed by atoms with Gasteiger partial charge in [-0.2, -0.15) is 0 Å². The molecule has 4 N–H and O–H groups in total. The molecule has 0 radical (unpaired) electrons. The molecule has 1 rings (SSSR count). The summed E-state index contributed by atoms with van der Waals surface area (Å²) in [5.74, 6) is 0. The lowest BCUT2D eigenvalue weighted by molar-refractivity contribution is -0.383. The topological polar surface area (TPSA) is 101 Å². The van der Waals surface area contributed by atoms with Gasteiger partial charge >= 0.3 is 0 Å². The fourth-order valence-corrected chi connectivity index (χ4v) is 1.56. The molecule has 0 spiro atoms. The first-order chi connectivity index (χ1) is 8.04. The fourth-order valence-electron chi connectivity index (χ4n) is 1.56. The number of nitrogens with one attached hydrogen (secondary N) is 1. The van der Waals surface area contributed by atoms with Gasteiger partial charge in [0.25, 0.3) is 5.69 Å². The highest BCUT2D eigenvalue weighted by Gasteiger charge is 2.11. The standard InChI is InChI=1S/C11H17N3O3/c1-8(3-2-6-15)13-9-4-5-11(14(16)17)10(12)7-9/h4-5,7-8,13,15H,2-3,6,12H2,1H3. The second kappa shape index (κ2) is 6.05. The van der Waals surface area contributed by atoms with Crippen LogP contribution >= 0.6 is 0 Å². The summed E-state index contributed by atoms with van der Waals surface area (Å²) in [6.07, 6.45) is 1.55. The molecule has 0 bridgehead atoms. The number of nitro groups is 1. The lowest BCUT2D eigenvalue weighted by Gasteiger charge is -2.14. The van der Waals surface area contributed by atoms with Crippen molar-refractivity contribution in [1.29, 1.82) is 0 Å². The van der Waals surface area contributed by atoms with Crippen molar-refractivity contribution in [3.8, 4) is 0 Å². The molecule has 1 unspecified atom stereocenters. The van der Waals surface area contributed by atoms with Gasteiger partial charge in [0.1, 0.15) is 5.69 Å². The molecule has 0 saturated carbocycles. The highest BCUT2D eigenvalue weighted by Crippen LogP contribution is 2.25. The monoisotopic (exact) mass is 239 g/mol. The largest absolute Gasteiger partial charge is 0.396 e. The van der Waals surface area contributed by atoms with Crippen LogP contribution in [0.25, 0.3) is 0 Å². The number of rotatable bonds is 6. The third kappa shape index (κ3) is 3.92. The number of hydrogen-bond acceptors (Lipinski definition) is 5. The van der Waals surface area contributed by atoms with Gasteiger partial charge in [-0.05, 0) is 31.9 Å². The highest BCUT2D eigenvalue weighted by atomic mass is 16.6. The summed E-state index contributed by atoms with van der Waals surface area (Å²) in [5, 5.41) is 22.4. The number of benzene rings is 1. The van der Waals surface area contributed by atoms with Crippen molar-refractivity contribution >= 4 is 17.1 Å². The van der Waals surface area contributed by atoms with E-state index in [1.165, 1.54) is 6.07 Å². The zero-order valence-corrected chi connectivity index (χ0v) is 9.72. The molecule has 1 atom stereocenters. The van der Waals surface area contributed by atoms with Crippen LogP contribution in [0, 0.1) is 10.1 Å². The van der Waals surface area contributed by atoms with Crippen LogP contribution in [0.15, 0.2) is 18.2 Å². The molecule has 0 saturated heterocycles. The van der Waals surface area contributed by atoms with E-state index in [0.717, 1.165) is 18.5 Å². The van der Waals surface area contributed by atoms with Crippen LogP contribution in [0.2, 0.25) is 0 Å². The SMILES string of the molecule is CC(CCCO)Nc1ccc([N+](=O)[O-])c(N)c1. The maximum absolute atomic E-state index is 10.6. The van der Waals surface area contributed by atoms with Crippen LogP contribution in [0.1, 0.15) is 19.8 Å². The normalized spacial score (nSPS) is 12.1. The number of aliphatic hydroxyl groups is 1. The van der Waals surface area contributed by atoms with E-state index in [1.54, 1.807) is 12.1 Å². The first-order valence-electron chi connectivity index (χ1n) is 5.46. The van der Waals surface area contributed by atoms with Gasteiger partial charge in [-0.3, -0.25) is 10.1 Å². The minimum atomic E-state index is -0.506. The van der Waals surface area contributed by atoms with Gasteiger partial charge in [-0.15, -0.1) is 0 Å². The van der Waals surface area contributed by atoms with Crippen LogP contribution in [0.3, 0.4) is 0 Å². The third-order valence-electron chi connectivity index (χ3n) is 2.43. The minimum Gasteiger partial charge on any atom is -0.396 e. The zero-order valence-electron chi connectivity index (χ0n) is 9.72. The van der Waals surface area contributed by atoms with Gasteiger partial charge in [-0.1, -0.05) is 0 Å². The lowest BCUT2D eigenvalue weighted by atomic mass is 10.1. The van der Waals surface area contributed by atoms with E-state index in [9.17, 15) is 10.1 Å². The molecule has 1 aromatic rings. The first-order valence-corrected chi connectivity index (χ1v) is 5.46. The Bertz CT molecular complexity index is 396. The molecule has 6 nitrogen and oxygen atoms in total. The Kier molecular flexibility index (Phi) is 4.71. The van der Waals surface area contributed by atoms with Gasteiger partial charge < -0.3 is 16.2 Å². The molecule has 1 aromatic carbocycles. The molecule has 0 aliphatic heterocycles. The Morgan fingerprint density at radius 3 is 2.82 bits per heavy atom. The van der Waals surface area contributed by atoms with Crippen LogP contribution < -0.4 is 11.1 Å². The Balaban J connectivity index is 2.67. The zero-order chi connectivity index (χ0) is 12.8. The number of anilines is 2. The minimum absolute atomic E-state index is 0.0847. The predicted molar refractivity (Wildman–Crippen MR) is 66.9 cm³/mol. The number of nitrogen functional groups attached to an aromatic ring is 1. The van der Waals surface area contributed by atoms with Crippen molar-refractivity contribution in [1.82, 2.24) is 0 Å². The van der Waals surface area contributed by atoms with Gasteiger partial charge in [-0.25, -0.2) is 0 Å². The number of nitrogens with two attached hydrogens (primary N) is 1. The molecule has 0 amide bonds. The van der Waals surface area contributed by atoms with Crippen LogP contribution in [-0.2, 0) is 0 Å². The average molecular weight is 239 g/mol. The third-order valence-corrected chi connectivity index (χ3v) is 2.43. The quantitative estimate of drug-likeness (QED) is 0.399. The number of nitrogens with zero attached hydrogens (tertiary/aromatic N) is 1. The maximum Gasteiger partial charge on any atom is 0.292 e. The molecule has 94 valence electrons. The second-order valence-electron chi connectivity index (χ2n) is 3.94. The summed E-state index contributed by atoms with van der Waals surface area (Å²) in [6.45, 7) is 2.14. The molecule has 0 heterocycles. The van der Waals surface area contributed by atoms with E-state index in [0.29, 0.717) is 0 Å². The van der Waals surface area contributed by atoms with Crippen molar-refractivity contribution in [2.24, 2.45) is 0 Å². The molecular formula is C11H17N3O3. The average Bonchev–Trinajstić information content (AvgIpc) is 2.26. The number of nitro benzene ring substituents is 1. The fraction of sp³-hybridized carbons (Fsp3) is 0.455. The van der Waals surface area contributed by atoms with Crippen molar-refractivity contribution in [3.05, 3.63) is 28.3 Å². The van der Waals surface area contributed by atoms with Crippen LogP contribution in [0.4, 0.5) is 17.1 Å². The summed E-state index contributed by atoms with van der Waals surface area (Å²) < 4.78 is 0. The number of hydrogen-bond donors (Lipinski definition) is 3. The van der Waals surface area contributed by atoms with E-state index in [1.807, 2.05) is 6.92 Å². The van der Waals surface area contributed by atoms with E-state index in [4.69, 9.17) is 10.8 Å². The van der Waals surface area contributed by atoms with Crippen LogP contribution in [0.5, 0.6) is 0 Å². The molecule has 0 aromatic heterocycles. The van der Waals surface area contributed by atoms with E-state index in [-0.39, 0.29) is 24.0 Å². The van der Waals surface area contributed by atoms with E-state index >= 15 is 0 Å². The summed E-state index contributed by atoms with van der Waals surface area (Å²) in [5.41, 5.74) is 6.39. The van der Waals surface area contributed by atoms with Crippen molar-refractivity contribution < 1.29 is 10.0 Å². The Morgan fingerprint density at radius 2 is 2.29 bits per heavy atom. The Morgan fingerprint density at radius 1 is 1.59 bits per heavy atom. The summed E-state index contributed by atoms with van der Waals surface area (Å²) in [4.78, 5) is 10.1. The van der Waals surface area contributed by atoms with Crippen LogP contribution in [-0.4, -0.2) is 22.7 Å². The summed E-state index contributed by atoms with van der Waals surface area (Å²) in [6, 6.07) is 4.75. The molecule has 6 heteroatoms.